The molecule has 0 rings (SSSR count). The first kappa shape index (κ1) is 11.9. The zero-order valence-electron chi connectivity index (χ0n) is 8.55. The molecule has 0 aliphatic carbocycles. The van der Waals surface area contributed by atoms with Crippen molar-refractivity contribution in [1.29, 1.82) is 0 Å². The Kier molecular flexibility index (Phi) is 6.89. The van der Waals surface area contributed by atoms with Gasteiger partial charge in [-0.25, -0.2) is 0 Å². The summed E-state index contributed by atoms with van der Waals surface area (Å²) < 4.78 is 0. The molecule has 0 saturated carbocycles. The second-order valence-electron chi connectivity index (χ2n) is 2.91. The van der Waals surface area contributed by atoms with Crippen LogP contribution in [0.15, 0.2) is 36.5 Å². The molecule has 0 heterocycles. The standard InChI is InChI=1S/C12H18O/c1-4-7-9-12(13)10-11(6-3)8-5-2/h4-6,8H,1,7,9-10H2,2-3H3/b8-5-,11-6+. The van der Waals surface area contributed by atoms with Crippen LogP contribution in [0.25, 0.3) is 0 Å². The van der Waals surface area contributed by atoms with Gasteiger partial charge < -0.3 is 0 Å². The molecule has 72 valence electrons. The van der Waals surface area contributed by atoms with Gasteiger partial charge in [0.25, 0.3) is 0 Å². The van der Waals surface area contributed by atoms with Crippen LogP contribution in [0.3, 0.4) is 0 Å². The first-order valence-electron chi connectivity index (χ1n) is 4.65. The van der Waals surface area contributed by atoms with E-state index in [-0.39, 0.29) is 5.78 Å². The highest BCUT2D eigenvalue weighted by atomic mass is 16.1. The van der Waals surface area contributed by atoms with Crippen molar-refractivity contribution in [2.24, 2.45) is 0 Å². The van der Waals surface area contributed by atoms with Crippen LogP contribution in [0.5, 0.6) is 0 Å². The number of carbonyl (C=O) groups is 1. The molecule has 0 aliphatic rings. The Morgan fingerprint density at radius 2 is 2.08 bits per heavy atom. The molecule has 1 heteroatoms. The third kappa shape index (κ3) is 6.09. The monoisotopic (exact) mass is 178 g/mol. The van der Waals surface area contributed by atoms with Crippen molar-refractivity contribution in [2.45, 2.75) is 33.1 Å². The van der Waals surface area contributed by atoms with Crippen LogP contribution in [-0.4, -0.2) is 5.78 Å². The number of rotatable bonds is 6. The van der Waals surface area contributed by atoms with Crippen LogP contribution in [0.2, 0.25) is 0 Å². The van der Waals surface area contributed by atoms with Gasteiger partial charge in [-0.3, -0.25) is 4.79 Å². The lowest BCUT2D eigenvalue weighted by atomic mass is 10.1. The summed E-state index contributed by atoms with van der Waals surface area (Å²) in [4.78, 5) is 11.3. The lowest BCUT2D eigenvalue weighted by Crippen LogP contribution is -1.97. The van der Waals surface area contributed by atoms with Gasteiger partial charge in [0.15, 0.2) is 0 Å². The van der Waals surface area contributed by atoms with Crippen LogP contribution in [0.4, 0.5) is 0 Å². The minimum absolute atomic E-state index is 0.283. The Bertz CT molecular complexity index is 221. The highest BCUT2D eigenvalue weighted by molar-refractivity contribution is 5.81. The number of hydrogen-bond donors (Lipinski definition) is 0. The number of carbonyl (C=O) groups excluding carboxylic acids is 1. The Hall–Kier alpha value is -1.11. The summed E-state index contributed by atoms with van der Waals surface area (Å²) in [6.07, 6.45) is 9.63. The number of Topliss-reactive ketones (excluding diaryl/α,β-unsaturated/α-hetero) is 1. The maximum absolute atomic E-state index is 11.3. The number of allylic oxidation sites excluding steroid dienone is 5. The van der Waals surface area contributed by atoms with Gasteiger partial charge in [0.05, 0.1) is 0 Å². The van der Waals surface area contributed by atoms with Gasteiger partial charge in [-0.1, -0.05) is 24.3 Å². The molecule has 0 saturated heterocycles. The molecule has 0 bridgehead atoms. The topological polar surface area (TPSA) is 17.1 Å². The summed E-state index contributed by atoms with van der Waals surface area (Å²) in [5.41, 5.74) is 1.09. The average Bonchev–Trinajstić information content (AvgIpc) is 2.14. The van der Waals surface area contributed by atoms with Crippen molar-refractivity contribution in [3.63, 3.8) is 0 Å². The molecule has 0 aromatic heterocycles. The molecule has 0 radical (unpaired) electrons. The SMILES string of the molecule is C=CCCC(=O)CC(/C=C\C)=C/C. The van der Waals surface area contributed by atoms with Crippen molar-refractivity contribution in [2.75, 3.05) is 0 Å². The molecule has 0 aromatic rings. The van der Waals surface area contributed by atoms with E-state index in [2.05, 4.69) is 6.58 Å². The zero-order chi connectivity index (χ0) is 10.1. The van der Waals surface area contributed by atoms with Crippen molar-refractivity contribution < 1.29 is 4.79 Å². The smallest absolute Gasteiger partial charge is 0.137 e. The highest BCUT2D eigenvalue weighted by Gasteiger charge is 2.01. The van der Waals surface area contributed by atoms with Gasteiger partial charge in [0.2, 0.25) is 0 Å². The maximum Gasteiger partial charge on any atom is 0.137 e. The van der Waals surface area contributed by atoms with E-state index in [1.165, 1.54) is 0 Å². The van der Waals surface area contributed by atoms with Crippen LogP contribution in [-0.2, 0) is 4.79 Å². The third-order valence-electron chi connectivity index (χ3n) is 1.78. The van der Waals surface area contributed by atoms with Gasteiger partial charge in [0.1, 0.15) is 5.78 Å². The summed E-state index contributed by atoms with van der Waals surface area (Å²) in [5.74, 6) is 0.283. The summed E-state index contributed by atoms with van der Waals surface area (Å²) in [7, 11) is 0. The van der Waals surface area contributed by atoms with Crippen LogP contribution < -0.4 is 0 Å². The predicted octanol–water partition coefficient (Wildman–Crippen LogP) is 3.43. The van der Waals surface area contributed by atoms with Gasteiger partial charge in [-0.2, -0.15) is 0 Å². The molecule has 0 unspecified atom stereocenters. The van der Waals surface area contributed by atoms with Gasteiger partial charge in [0, 0.05) is 12.8 Å². The molecule has 1 nitrogen and oxygen atoms in total. The van der Waals surface area contributed by atoms with Crippen molar-refractivity contribution in [1.82, 2.24) is 0 Å². The van der Waals surface area contributed by atoms with Gasteiger partial charge in [-0.05, 0) is 25.8 Å². The minimum Gasteiger partial charge on any atom is -0.299 e. The summed E-state index contributed by atoms with van der Waals surface area (Å²) in [6.45, 7) is 7.50. The zero-order valence-corrected chi connectivity index (χ0v) is 8.55. The fourth-order valence-electron chi connectivity index (χ4n) is 1.05. The Labute approximate surface area is 80.8 Å². The minimum atomic E-state index is 0.283. The number of hydrogen-bond acceptors (Lipinski definition) is 1. The second-order valence-corrected chi connectivity index (χ2v) is 2.91. The highest BCUT2D eigenvalue weighted by Crippen LogP contribution is 2.07. The Morgan fingerprint density at radius 3 is 2.54 bits per heavy atom. The summed E-state index contributed by atoms with van der Waals surface area (Å²) in [5, 5.41) is 0. The number of ketones is 1. The molecule has 13 heavy (non-hydrogen) atoms. The fraction of sp³-hybridized carbons (Fsp3) is 0.417. The van der Waals surface area contributed by atoms with Gasteiger partial charge >= 0.3 is 0 Å². The summed E-state index contributed by atoms with van der Waals surface area (Å²) in [6, 6.07) is 0. The molecule has 0 spiro atoms. The van der Waals surface area contributed by atoms with E-state index in [1.807, 2.05) is 32.1 Å². The van der Waals surface area contributed by atoms with Crippen LogP contribution in [0.1, 0.15) is 33.1 Å². The van der Waals surface area contributed by atoms with E-state index in [0.717, 1.165) is 12.0 Å². The molecule has 0 atom stereocenters. The maximum atomic E-state index is 11.3. The van der Waals surface area contributed by atoms with Crippen molar-refractivity contribution in [3.05, 3.63) is 36.5 Å². The molecular formula is C12H18O. The quantitative estimate of drug-likeness (QED) is 0.450. The van der Waals surface area contributed by atoms with Crippen LogP contribution in [0, 0.1) is 0 Å². The lowest BCUT2D eigenvalue weighted by molar-refractivity contribution is -0.118. The Balaban J connectivity index is 3.95. The van der Waals surface area contributed by atoms with E-state index >= 15 is 0 Å². The Morgan fingerprint density at radius 1 is 1.38 bits per heavy atom. The molecular weight excluding hydrogens is 160 g/mol. The average molecular weight is 178 g/mol. The fourth-order valence-corrected chi connectivity index (χ4v) is 1.05. The molecule has 0 amide bonds. The second kappa shape index (κ2) is 7.53. The molecule has 0 fully saturated rings. The first-order valence-corrected chi connectivity index (χ1v) is 4.65. The van der Waals surface area contributed by atoms with Gasteiger partial charge in [-0.15, -0.1) is 6.58 Å². The van der Waals surface area contributed by atoms with E-state index in [4.69, 9.17) is 0 Å². The third-order valence-corrected chi connectivity index (χ3v) is 1.78. The first-order chi connectivity index (χ1) is 6.24. The van der Waals surface area contributed by atoms with E-state index in [9.17, 15) is 4.79 Å². The molecule has 0 N–H and O–H groups in total. The lowest BCUT2D eigenvalue weighted by Gasteiger charge is -1.99. The largest absolute Gasteiger partial charge is 0.299 e. The van der Waals surface area contributed by atoms with Crippen LogP contribution >= 0.6 is 0 Å². The van der Waals surface area contributed by atoms with Crippen molar-refractivity contribution in [3.8, 4) is 0 Å². The molecule has 0 aromatic carbocycles. The predicted molar refractivity (Wildman–Crippen MR) is 57.6 cm³/mol. The summed E-state index contributed by atoms with van der Waals surface area (Å²) >= 11 is 0. The normalized spacial score (nSPS) is 12.0. The van der Waals surface area contributed by atoms with E-state index in [0.29, 0.717) is 12.8 Å². The van der Waals surface area contributed by atoms with Crippen molar-refractivity contribution >= 4 is 5.78 Å². The molecule has 0 aliphatic heterocycles. The van der Waals surface area contributed by atoms with E-state index < -0.39 is 0 Å². The van der Waals surface area contributed by atoms with E-state index in [1.54, 1.807) is 6.08 Å².